The van der Waals surface area contributed by atoms with Crippen LogP contribution in [0.15, 0.2) is 24.3 Å². The van der Waals surface area contributed by atoms with E-state index in [1.54, 1.807) is 6.07 Å². The molecule has 88 valence electrons. The van der Waals surface area contributed by atoms with Gasteiger partial charge in [0.15, 0.2) is 6.04 Å². The molecule has 6 nitrogen and oxygen atoms in total. The first-order chi connectivity index (χ1) is 8.08. The van der Waals surface area contributed by atoms with Gasteiger partial charge in [0.25, 0.3) is 0 Å². The van der Waals surface area contributed by atoms with Gasteiger partial charge in [-0.05, 0) is 24.3 Å². The van der Waals surface area contributed by atoms with E-state index in [0.29, 0.717) is 5.56 Å². The summed E-state index contributed by atoms with van der Waals surface area (Å²) in [6, 6.07) is 4.78. The largest absolute Gasteiger partial charge is 0.480 e. The van der Waals surface area contributed by atoms with Gasteiger partial charge in [-0.3, -0.25) is 0 Å². The molecule has 0 radical (unpaired) electrons. The Kier molecular flexibility index (Phi) is 2.82. The molecular formula is C10H9FN4O2. The van der Waals surface area contributed by atoms with Gasteiger partial charge in [-0.2, -0.15) is 0 Å². The highest BCUT2D eigenvalue weighted by atomic mass is 19.1. The first-order valence-corrected chi connectivity index (χ1v) is 4.86. The second-order valence-electron chi connectivity index (χ2n) is 3.46. The van der Waals surface area contributed by atoms with Crippen LogP contribution in [-0.2, 0) is 4.79 Å². The van der Waals surface area contributed by atoms with Gasteiger partial charge in [0, 0.05) is 5.56 Å². The van der Waals surface area contributed by atoms with E-state index >= 15 is 0 Å². The Hall–Kier alpha value is -2.31. The number of carboxylic acids is 1. The summed E-state index contributed by atoms with van der Waals surface area (Å²) in [5.74, 6) is -1.28. The lowest BCUT2D eigenvalue weighted by Gasteiger charge is -2.01. The summed E-state index contributed by atoms with van der Waals surface area (Å²) >= 11 is 0. The van der Waals surface area contributed by atoms with E-state index in [0.717, 1.165) is 4.80 Å². The molecule has 0 aliphatic rings. The minimum absolute atomic E-state index is 0.192. The molecule has 1 aromatic carbocycles. The zero-order valence-electron chi connectivity index (χ0n) is 8.91. The van der Waals surface area contributed by atoms with E-state index in [1.165, 1.54) is 25.1 Å². The molecule has 0 aliphatic carbocycles. The molecule has 0 aliphatic heterocycles. The molecule has 0 spiro atoms. The molecule has 17 heavy (non-hydrogen) atoms. The monoisotopic (exact) mass is 236 g/mol. The zero-order chi connectivity index (χ0) is 12.4. The van der Waals surface area contributed by atoms with Gasteiger partial charge in [-0.15, -0.1) is 15.0 Å². The number of benzene rings is 1. The van der Waals surface area contributed by atoms with Crippen molar-refractivity contribution >= 4 is 5.97 Å². The fourth-order valence-corrected chi connectivity index (χ4v) is 1.23. The number of hydrogen-bond donors (Lipinski definition) is 1. The molecule has 0 saturated carbocycles. The fraction of sp³-hybridized carbons (Fsp3) is 0.200. The molecule has 7 heteroatoms. The Labute approximate surface area is 95.7 Å². The van der Waals surface area contributed by atoms with Crippen molar-refractivity contribution in [3.63, 3.8) is 0 Å². The number of tetrazole rings is 1. The van der Waals surface area contributed by atoms with Crippen molar-refractivity contribution in [1.29, 1.82) is 0 Å². The van der Waals surface area contributed by atoms with E-state index in [1.807, 2.05) is 0 Å². The SMILES string of the molecule is CC(C(=O)O)n1nnc(-c2cccc(F)c2)n1. The van der Waals surface area contributed by atoms with Crippen LogP contribution in [0.3, 0.4) is 0 Å². The molecule has 1 atom stereocenters. The third kappa shape index (κ3) is 2.27. The summed E-state index contributed by atoms with van der Waals surface area (Å²) in [6.07, 6.45) is 0. The average Bonchev–Trinajstić information content (AvgIpc) is 2.77. The molecule has 0 saturated heterocycles. The molecule has 2 rings (SSSR count). The van der Waals surface area contributed by atoms with Crippen LogP contribution in [0.2, 0.25) is 0 Å². The van der Waals surface area contributed by atoms with Crippen molar-refractivity contribution in [3.05, 3.63) is 30.1 Å². The highest BCUT2D eigenvalue weighted by molar-refractivity contribution is 5.71. The van der Waals surface area contributed by atoms with Crippen LogP contribution < -0.4 is 0 Å². The third-order valence-electron chi connectivity index (χ3n) is 2.21. The molecule has 1 aromatic heterocycles. The number of halogens is 1. The maximum atomic E-state index is 13.0. The van der Waals surface area contributed by atoms with Gasteiger partial charge in [0.1, 0.15) is 5.82 Å². The van der Waals surface area contributed by atoms with Crippen LogP contribution in [0.25, 0.3) is 11.4 Å². The standard InChI is InChI=1S/C10H9FN4O2/c1-6(10(16)17)15-13-9(12-14-15)7-3-2-4-8(11)5-7/h2-6H,1H3,(H,16,17). The maximum absolute atomic E-state index is 13.0. The van der Waals surface area contributed by atoms with Gasteiger partial charge in [-0.25, -0.2) is 9.18 Å². The lowest BCUT2D eigenvalue weighted by molar-refractivity contribution is -0.141. The summed E-state index contributed by atoms with van der Waals surface area (Å²) in [4.78, 5) is 11.7. The van der Waals surface area contributed by atoms with Crippen molar-refractivity contribution < 1.29 is 14.3 Å². The Bertz CT molecular complexity index is 555. The molecule has 0 amide bonds. The average molecular weight is 236 g/mol. The summed E-state index contributed by atoms with van der Waals surface area (Å²) < 4.78 is 13.0. The number of carboxylic acid groups (broad SMARTS) is 1. The van der Waals surface area contributed by atoms with Gasteiger partial charge in [0.2, 0.25) is 5.82 Å². The number of hydrogen-bond acceptors (Lipinski definition) is 4. The highest BCUT2D eigenvalue weighted by Gasteiger charge is 2.17. The molecule has 1 N–H and O–H groups in total. The maximum Gasteiger partial charge on any atom is 0.330 e. The molecular weight excluding hydrogens is 227 g/mol. The Morgan fingerprint density at radius 1 is 1.53 bits per heavy atom. The molecule has 1 unspecified atom stereocenters. The summed E-state index contributed by atoms with van der Waals surface area (Å²) in [6.45, 7) is 1.43. The lowest BCUT2D eigenvalue weighted by atomic mass is 10.2. The van der Waals surface area contributed by atoms with Crippen LogP contribution >= 0.6 is 0 Å². The van der Waals surface area contributed by atoms with Gasteiger partial charge < -0.3 is 5.11 Å². The second-order valence-corrected chi connectivity index (χ2v) is 3.46. The number of rotatable bonds is 3. The number of aromatic nitrogens is 4. The second kappa shape index (κ2) is 4.28. The molecule has 2 aromatic rings. The van der Waals surface area contributed by atoms with Gasteiger partial charge >= 0.3 is 5.97 Å². The topological polar surface area (TPSA) is 80.9 Å². The van der Waals surface area contributed by atoms with E-state index < -0.39 is 17.8 Å². The smallest absolute Gasteiger partial charge is 0.330 e. The number of nitrogens with zero attached hydrogens (tertiary/aromatic N) is 4. The summed E-state index contributed by atoms with van der Waals surface area (Å²) in [7, 11) is 0. The minimum Gasteiger partial charge on any atom is -0.480 e. The third-order valence-corrected chi connectivity index (χ3v) is 2.21. The van der Waals surface area contributed by atoms with Gasteiger partial charge in [-0.1, -0.05) is 12.1 Å². The van der Waals surface area contributed by atoms with E-state index in [2.05, 4.69) is 15.4 Å². The number of aliphatic carboxylic acids is 1. The quantitative estimate of drug-likeness (QED) is 0.863. The minimum atomic E-state index is -1.06. The Morgan fingerprint density at radius 2 is 2.29 bits per heavy atom. The van der Waals surface area contributed by atoms with Crippen LogP contribution in [-0.4, -0.2) is 31.3 Å². The van der Waals surface area contributed by atoms with Crippen LogP contribution in [0.4, 0.5) is 4.39 Å². The highest BCUT2D eigenvalue weighted by Crippen LogP contribution is 2.15. The summed E-state index contributed by atoms with van der Waals surface area (Å²) in [5.41, 5.74) is 0.453. The Morgan fingerprint density at radius 3 is 2.94 bits per heavy atom. The fourth-order valence-electron chi connectivity index (χ4n) is 1.23. The molecule has 1 heterocycles. The van der Waals surface area contributed by atoms with E-state index in [-0.39, 0.29) is 5.82 Å². The predicted molar refractivity (Wildman–Crippen MR) is 55.6 cm³/mol. The summed E-state index contributed by atoms with van der Waals surface area (Å²) in [5, 5.41) is 20.0. The van der Waals surface area contributed by atoms with Crippen LogP contribution in [0.5, 0.6) is 0 Å². The van der Waals surface area contributed by atoms with Crippen molar-refractivity contribution in [2.75, 3.05) is 0 Å². The van der Waals surface area contributed by atoms with Crippen LogP contribution in [0, 0.1) is 5.82 Å². The van der Waals surface area contributed by atoms with Crippen molar-refractivity contribution in [1.82, 2.24) is 20.2 Å². The van der Waals surface area contributed by atoms with Crippen molar-refractivity contribution in [2.45, 2.75) is 13.0 Å². The zero-order valence-corrected chi connectivity index (χ0v) is 8.91. The first-order valence-electron chi connectivity index (χ1n) is 4.86. The first kappa shape index (κ1) is 11.2. The van der Waals surface area contributed by atoms with E-state index in [4.69, 9.17) is 5.11 Å². The Balaban J connectivity index is 2.33. The molecule has 0 fully saturated rings. The van der Waals surface area contributed by atoms with Crippen molar-refractivity contribution in [3.8, 4) is 11.4 Å². The normalized spacial score (nSPS) is 12.4. The van der Waals surface area contributed by atoms with Gasteiger partial charge in [0.05, 0.1) is 0 Å². The number of carbonyl (C=O) groups is 1. The molecule has 0 bridgehead atoms. The van der Waals surface area contributed by atoms with E-state index in [9.17, 15) is 9.18 Å². The predicted octanol–water partition coefficient (Wildman–Crippen LogP) is 1.12. The van der Waals surface area contributed by atoms with Crippen molar-refractivity contribution in [2.24, 2.45) is 0 Å². The van der Waals surface area contributed by atoms with Crippen LogP contribution in [0.1, 0.15) is 13.0 Å². The lowest BCUT2D eigenvalue weighted by Crippen LogP contribution is -2.18.